The van der Waals surface area contributed by atoms with Gasteiger partial charge in [0.15, 0.2) is 11.5 Å². The Morgan fingerprint density at radius 3 is 2.58 bits per heavy atom. The first-order valence-corrected chi connectivity index (χ1v) is 8.39. The molecule has 0 aliphatic carbocycles. The Kier molecular flexibility index (Phi) is 6.75. The van der Waals surface area contributed by atoms with Crippen molar-refractivity contribution in [2.45, 2.75) is 6.92 Å². The molecule has 0 spiro atoms. The normalized spacial score (nSPS) is 10.7. The van der Waals surface area contributed by atoms with Crippen molar-refractivity contribution in [2.24, 2.45) is 5.10 Å². The lowest BCUT2D eigenvalue weighted by Crippen LogP contribution is -1.98. The molecule has 0 amide bonds. The van der Waals surface area contributed by atoms with Gasteiger partial charge >= 0.3 is 0 Å². The van der Waals surface area contributed by atoms with E-state index in [4.69, 9.17) is 25.8 Å². The molecule has 0 saturated carbocycles. The summed E-state index contributed by atoms with van der Waals surface area (Å²) in [5.74, 6) is 1.93. The van der Waals surface area contributed by atoms with Crippen LogP contribution in [0.1, 0.15) is 12.5 Å². The van der Waals surface area contributed by atoms with Gasteiger partial charge in [0.25, 0.3) is 0 Å². The molecule has 0 aliphatic heterocycles. The number of hydrazone groups is 1. The molecule has 0 radical (unpaired) electrons. The predicted molar refractivity (Wildman–Crippen MR) is 101 cm³/mol. The SMILES string of the molecule is CCOc1cc(/C=N/Nc2ccc(OC)c(Cl)c2)cc(Br)c1OC. The Balaban J connectivity index is 2.15. The zero-order valence-electron chi connectivity index (χ0n) is 13.6. The highest BCUT2D eigenvalue weighted by molar-refractivity contribution is 9.10. The van der Waals surface area contributed by atoms with E-state index in [1.54, 1.807) is 32.6 Å². The van der Waals surface area contributed by atoms with Crippen molar-refractivity contribution in [1.29, 1.82) is 0 Å². The molecule has 7 heteroatoms. The van der Waals surface area contributed by atoms with E-state index >= 15 is 0 Å². The molecule has 5 nitrogen and oxygen atoms in total. The molecule has 24 heavy (non-hydrogen) atoms. The second kappa shape index (κ2) is 8.80. The molecule has 0 aromatic heterocycles. The van der Waals surface area contributed by atoms with Crippen molar-refractivity contribution in [3.63, 3.8) is 0 Å². The summed E-state index contributed by atoms with van der Waals surface area (Å²) in [7, 11) is 3.18. The number of hydrogen-bond donors (Lipinski definition) is 1. The molecule has 1 N–H and O–H groups in total. The summed E-state index contributed by atoms with van der Waals surface area (Å²) in [6.07, 6.45) is 1.69. The van der Waals surface area contributed by atoms with E-state index in [0.717, 1.165) is 15.7 Å². The van der Waals surface area contributed by atoms with Gasteiger partial charge in [-0.05, 0) is 58.7 Å². The molecule has 0 atom stereocenters. The zero-order chi connectivity index (χ0) is 17.5. The van der Waals surface area contributed by atoms with Gasteiger partial charge in [0.2, 0.25) is 0 Å². The highest BCUT2D eigenvalue weighted by atomic mass is 79.9. The van der Waals surface area contributed by atoms with Gasteiger partial charge < -0.3 is 14.2 Å². The van der Waals surface area contributed by atoms with E-state index in [9.17, 15) is 0 Å². The van der Waals surface area contributed by atoms with E-state index in [2.05, 4.69) is 26.5 Å². The van der Waals surface area contributed by atoms with Gasteiger partial charge in [-0.15, -0.1) is 0 Å². The molecule has 2 rings (SSSR count). The lowest BCUT2D eigenvalue weighted by Gasteiger charge is -2.11. The molecule has 2 aromatic rings. The third-order valence-corrected chi connectivity index (χ3v) is 3.98. The smallest absolute Gasteiger partial charge is 0.174 e. The van der Waals surface area contributed by atoms with Crippen LogP contribution < -0.4 is 19.6 Å². The summed E-state index contributed by atoms with van der Waals surface area (Å²) in [5, 5.41) is 4.73. The van der Waals surface area contributed by atoms with Crippen LogP contribution in [0.15, 0.2) is 39.9 Å². The Morgan fingerprint density at radius 2 is 1.96 bits per heavy atom. The summed E-state index contributed by atoms with van der Waals surface area (Å²) in [5.41, 5.74) is 4.55. The predicted octanol–water partition coefficient (Wildman–Crippen LogP) is 4.96. The van der Waals surface area contributed by atoms with Crippen molar-refractivity contribution < 1.29 is 14.2 Å². The number of hydrogen-bond acceptors (Lipinski definition) is 5. The first-order valence-electron chi connectivity index (χ1n) is 7.22. The van der Waals surface area contributed by atoms with Gasteiger partial charge in [0.1, 0.15) is 5.75 Å². The van der Waals surface area contributed by atoms with Crippen LogP contribution in [0, 0.1) is 0 Å². The van der Waals surface area contributed by atoms with Crippen LogP contribution in [0.3, 0.4) is 0 Å². The van der Waals surface area contributed by atoms with Crippen LogP contribution in [-0.4, -0.2) is 27.0 Å². The fourth-order valence-corrected chi connectivity index (χ4v) is 2.92. The summed E-state index contributed by atoms with van der Waals surface area (Å²) < 4.78 is 16.8. The minimum absolute atomic E-state index is 0.517. The van der Waals surface area contributed by atoms with Crippen LogP contribution >= 0.6 is 27.5 Å². The largest absolute Gasteiger partial charge is 0.495 e. The maximum atomic E-state index is 6.08. The average Bonchev–Trinajstić information content (AvgIpc) is 2.55. The van der Waals surface area contributed by atoms with Crippen LogP contribution in [-0.2, 0) is 0 Å². The average molecular weight is 414 g/mol. The summed E-state index contributed by atoms with van der Waals surface area (Å²) in [6, 6.07) is 9.11. The van der Waals surface area contributed by atoms with E-state index in [-0.39, 0.29) is 0 Å². The Morgan fingerprint density at radius 1 is 1.17 bits per heavy atom. The molecule has 0 heterocycles. The summed E-state index contributed by atoms with van der Waals surface area (Å²) >= 11 is 9.55. The van der Waals surface area contributed by atoms with E-state index in [0.29, 0.717) is 28.9 Å². The molecular weight excluding hydrogens is 396 g/mol. The summed E-state index contributed by atoms with van der Waals surface area (Å²) in [6.45, 7) is 2.47. The van der Waals surface area contributed by atoms with Crippen molar-refractivity contribution in [1.82, 2.24) is 0 Å². The lowest BCUT2D eigenvalue weighted by atomic mass is 10.2. The highest BCUT2D eigenvalue weighted by Crippen LogP contribution is 2.36. The molecule has 0 bridgehead atoms. The van der Waals surface area contributed by atoms with E-state index < -0.39 is 0 Å². The summed E-state index contributed by atoms with van der Waals surface area (Å²) in [4.78, 5) is 0. The maximum absolute atomic E-state index is 6.08. The standard InChI is InChI=1S/C17H18BrClN2O3/c1-4-24-16-8-11(7-13(18)17(16)23-3)10-20-21-12-5-6-15(22-2)14(19)9-12/h5-10,21H,4H2,1-3H3/b20-10+. The van der Waals surface area contributed by atoms with Crippen molar-refractivity contribution in [2.75, 3.05) is 26.3 Å². The number of rotatable bonds is 7. The lowest BCUT2D eigenvalue weighted by molar-refractivity contribution is 0.310. The van der Waals surface area contributed by atoms with Gasteiger partial charge in [-0.1, -0.05) is 11.6 Å². The first kappa shape index (κ1) is 18.4. The van der Waals surface area contributed by atoms with Gasteiger partial charge in [0, 0.05) is 0 Å². The van der Waals surface area contributed by atoms with Crippen LogP contribution in [0.25, 0.3) is 0 Å². The molecular formula is C17H18BrClN2O3. The Labute approximate surface area is 154 Å². The van der Waals surface area contributed by atoms with Gasteiger partial charge in [-0.3, -0.25) is 5.43 Å². The topological polar surface area (TPSA) is 52.1 Å². The molecule has 128 valence electrons. The van der Waals surface area contributed by atoms with Crippen LogP contribution in [0.5, 0.6) is 17.2 Å². The van der Waals surface area contributed by atoms with Crippen molar-refractivity contribution >= 4 is 39.4 Å². The number of ether oxygens (including phenoxy) is 3. The molecule has 0 unspecified atom stereocenters. The number of nitrogens with one attached hydrogen (secondary N) is 1. The van der Waals surface area contributed by atoms with Gasteiger partial charge in [-0.2, -0.15) is 5.10 Å². The molecule has 2 aromatic carbocycles. The fraction of sp³-hybridized carbons (Fsp3) is 0.235. The number of benzene rings is 2. The first-order chi connectivity index (χ1) is 11.6. The van der Waals surface area contributed by atoms with Crippen LogP contribution in [0.4, 0.5) is 5.69 Å². The second-order valence-electron chi connectivity index (χ2n) is 4.69. The van der Waals surface area contributed by atoms with E-state index in [1.807, 2.05) is 25.1 Å². The number of methoxy groups -OCH3 is 2. The minimum atomic E-state index is 0.517. The van der Waals surface area contributed by atoms with Gasteiger partial charge in [0.05, 0.1) is 42.2 Å². The Bertz CT molecular complexity index is 738. The zero-order valence-corrected chi connectivity index (χ0v) is 15.9. The van der Waals surface area contributed by atoms with Crippen molar-refractivity contribution in [3.05, 3.63) is 45.4 Å². The monoisotopic (exact) mass is 412 g/mol. The maximum Gasteiger partial charge on any atom is 0.174 e. The highest BCUT2D eigenvalue weighted by Gasteiger charge is 2.10. The minimum Gasteiger partial charge on any atom is -0.495 e. The van der Waals surface area contributed by atoms with Gasteiger partial charge in [-0.25, -0.2) is 0 Å². The number of nitrogens with zero attached hydrogens (tertiary/aromatic N) is 1. The van der Waals surface area contributed by atoms with Crippen LogP contribution in [0.2, 0.25) is 5.02 Å². The van der Waals surface area contributed by atoms with Crippen molar-refractivity contribution in [3.8, 4) is 17.2 Å². The van der Waals surface area contributed by atoms with E-state index in [1.165, 1.54) is 0 Å². The molecule has 0 fully saturated rings. The number of halogens is 2. The second-order valence-corrected chi connectivity index (χ2v) is 5.95. The fourth-order valence-electron chi connectivity index (χ4n) is 2.04. The quantitative estimate of drug-likeness (QED) is 0.514. The number of anilines is 1. The third-order valence-electron chi connectivity index (χ3n) is 3.09. The Hall–Kier alpha value is -1.92. The third kappa shape index (κ3) is 4.55. The molecule has 0 aliphatic rings. The molecule has 0 saturated heterocycles.